The van der Waals surface area contributed by atoms with Gasteiger partial charge >= 0.3 is 0 Å². The molecule has 1 aromatic carbocycles. The Labute approximate surface area is 128 Å². The minimum Gasteiger partial charge on any atom is -0.312 e. The highest BCUT2D eigenvalue weighted by Crippen LogP contribution is 2.32. The Morgan fingerprint density at radius 1 is 1.14 bits per heavy atom. The van der Waals surface area contributed by atoms with Gasteiger partial charge < -0.3 is 5.32 Å². The van der Waals surface area contributed by atoms with E-state index < -0.39 is 11.6 Å². The van der Waals surface area contributed by atoms with E-state index in [0.717, 1.165) is 36.4 Å². The third-order valence-corrected chi connectivity index (χ3v) is 4.27. The highest BCUT2D eigenvalue weighted by Gasteiger charge is 2.18. The van der Waals surface area contributed by atoms with Crippen LogP contribution in [0.3, 0.4) is 0 Å². The summed E-state index contributed by atoms with van der Waals surface area (Å²) in [6.07, 6.45) is 2.84. The normalized spacial score (nSPS) is 11.0. The maximum atomic E-state index is 13.9. The fraction of sp³-hybridized carbons (Fsp3) is 0.438. The molecule has 0 saturated carbocycles. The second kappa shape index (κ2) is 7.61. The molecule has 0 atom stereocenters. The van der Waals surface area contributed by atoms with Crippen molar-refractivity contribution in [2.75, 3.05) is 6.54 Å². The summed E-state index contributed by atoms with van der Waals surface area (Å²) in [7, 11) is 0. The summed E-state index contributed by atoms with van der Waals surface area (Å²) in [6.45, 7) is 5.81. The molecule has 0 unspecified atom stereocenters. The van der Waals surface area contributed by atoms with Crippen molar-refractivity contribution in [2.45, 2.75) is 39.7 Å². The van der Waals surface area contributed by atoms with Crippen molar-refractivity contribution in [2.24, 2.45) is 0 Å². The van der Waals surface area contributed by atoms with Gasteiger partial charge in [0.25, 0.3) is 0 Å². The second-order valence-corrected chi connectivity index (χ2v) is 6.00. The summed E-state index contributed by atoms with van der Waals surface area (Å²) in [5.74, 6) is -1.11. The molecule has 0 fully saturated rings. The quantitative estimate of drug-likeness (QED) is 0.759. The van der Waals surface area contributed by atoms with E-state index in [9.17, 15) is 8.78 Å². The van der Waals surface area contributed by atoms with Crippen molar-refractivity contribution in [3.8, 4) is 10.6 Å². The molecule has 114 valence electrons. The van der Waals surface area contributed by atoms with Crippen molar-refractivity contribution < 1.29 is 8.78 Å². The van der Waals surface area contributed by atoms with Gasteiger partial charge in [-0.1, -0.05) is 26.3 Å². The maximum Gasteiger partial charge on any atom is 0.136 e. The van der Waals surface area contributed by atoms with E-state index in [1.54, 1.807) is 0 Å². The van der Waals surface area contributed by atoms with Gasteiger partial charge in [-0.3, -0.25) is 0 Å². The van der Waals surface area contributed by atoms with E-state index in [1.807, 2.05) is 0 Å². The lowest BCUT2D eigenvalue weighted by molar-refractivity contribution is 0.589. The Hall–Kier alpha value is -1.33. The lowest BCUT2D eigenvalue weighted by atomic mass is 10.2. The fourth-order valence-electron chi connectivity index (χ4n) is 2.14. The zero-order valence-corrected chi connectivity index (χ0v) is 13.2. The number of thiazole rings is 1. The zero-order chi connectivity index (χ0) is 15.2. The Kier molecular flexibility index (Phi) is 5.82. The number of aromatic nitrogens is 1. The molecule has 0 aliphatic heterocycles. The van der Waals surface area contributed by atoms with Crippen molar-refractivity contribution in [1.29, 1.82) is 0 Å². The molecule has 21 heavy (non-hydrogen) atoms. The first kappa shape index (κ1) is 16.0. The summed E-state index contributed by atoms with van der Waals surface area (Å²) < 4.78 is 27.8. The van der Waals surface area contributed by atoms with Crippen LogP contribution in [0.1, 0.15) is 37.3 Å². The SMILES string of the molecule is CCCNCc1sc(-c2c(F)cccc2F)nc1CCC. The predicted molar refractivity (Wildman–Crippen MR) is 83.5 cm³/mol. The average molecular weight is 310 g/mol. The molecule has 0 saturated heterocycles. The first-order chi connectivity index (χ1) is 10.2. The summed E-state index contributed by atoms with van der Waals surface area (Å²) in [6, 6.07) is 3.92. The van der Waals surface area contributed by atoms with Crippen molar-refractivity contribution >= 4 is 11.3 Å². The van der Waals surface area contributed by atoms with Gasteiger partial charge in [-0.15, -0.1) is 11.3 Å². The largest absolute Gasteiger partial charge is 0.312 e. The molecule has 1 heterocycles. The summed E-state index contributed by atoms with van der Waals surface area (Å²) in [4.78, 5) is 5.54. The highest BCUT2D eigenvalue weighted by molar-refractivity contribution is 7.15. The van der Waals surface area contributed by atoms with Crippen LogP contribution in [0.15, 0.2) is 18.2 Å². The zero-order valence-electron chi connectivity index (χ0n) is 12.4. The molecule has 0 aliphatic rings. The molecule has 0 amide bonds. The number of hydrogen-bond donors (Lipinski definition) is 1. The van der Waals surface area contributed by atoms with Crippen LogP contribution in [-0.2, 0) is 13.0 Å². The van der Waals surface area contributed by atoms with Crippen LogP contribution in [-0.4, -0.2) is 11.5 Å². The second-order valence-electron chi connectivity index (χ2n) is 4.91. The fourth-order valence-corrected chi connectivity index (χ4v) is 3.27. The molecular formula is C16H20F2N2S. The summed E-state index contributed by atoms with van der Waals surface area (Å²) in [5, 5.41) is 3.76. The average Bonchev–Trinajstić information content (AvgIpc) is 2.82. The molecule has 1 N–H and O–H groups in total. The van der Waals surface area contributed by atoms with E-state index in [-0.39, 0.29) is 5.56 Å². The van der Waals surface area contributed by atoms with Crippen LogP contribution in [0.25, 0.3) is 10.6 Å². The Bertz CT molecular complexity index is 576. The van der Waals surface area contributed by atoms with E-state index >= 15 is 0 Å². The number of halogens is 2. The molecule has 2 nitrogen and oxygen atoms in total. The van der Waals surface area contributed by atoms with Gasteiger partial charge in [0, 0.05) is 11.4 Å². The monoisotopic (exact) mass is 310 g/mol. The van der Waals surface area contributed by atoms with E-state index in [4.69, 9.17) is 0 Å². The lowest BCUT2D eigenvalue weighted by Gasteiger charge is -2.02. The minimum atomic E-state index is -0.556. The van der Waals surface area contributed by atoms with E-state index in [2.05, 4.69) is 24.1 Å². The van der Waals surface area contributed by atoms with Gasteiger partial charge in [-0.05, 0) is 31.5 Å². The van der Waals surface area contributed by atoms with Gasteiger partial charge in [0.15, 0.2) is 0 Å². The first-order valence-corrected chi connectivity index (χ1v) is 8.12. The van der Waals surface area contributed by atoms with Crippen LogP contribution in [0.4, 0.5) is 8.78 Å². The van der Waals surface area contributed by atoms with Crippen LogP contribution >= 0.6 is 11.3 Å². The third-order valence-electron chi connectivity index (χ3n) is 3.15. The third kappa shape index (κ3) is 3.86. The molecule has 1 aromatic heterocycles. The number of nitrogens with one attached hydrogen (secondary N) is 1. The van der Waals surface area contributed by atoms with Crippen LogP contribution < -0.4 is 5.32 Å². The Balaban J connectivity index is 2.34. The first-order valence-electron chi connectivity index (χ1n) is 7.31. The number of rotatable bonds is 7. The molecule has 5 heteroatoms. The Morgan fingerprint density at radius 3 is 2.48 bits per heavy atom. The topological polar surface area (TPSA) is 24.9 Å². The molecule has 0 spiro atoms. The van der Waals surface area contributed by atoms with E-state index in [0.29, 0.717) is 11.6 Å². The maximum absolute atomic E-state index is 13.9. The summed E-state index contributed by atoms with van der Waals surface area (Å²) >= 11 is 1.38. The van der Waals surface area contributed by atoms with Crippen molar-refractivity contribution in [3.05, 3.63) is 40.4 Å². The molecule has 2 aromatic rings. The molecule has 0 aliphatic carbocycles. The van der Waals surface area contributed by atoms with E-state index in [1.165, 1.54) is 29.5 Å². The van der Waals surface area contributed by atoms with Gasteiger partial charge in [0.2, 0.25) is 0 Å². The lowest BCUT2D eigenvalue weighted by Crippen LogP contribution is -2.13. The smallest absolute Gasteiger partial charge is 0.136 e. The Morgan fingerprint density at radius 2 is 1.86 bits per heavy atom. The molecule has 2 rings (SSSR count). The van der Waals surface area contributed by atoms with Crippen molar-refractivity contribution in [1.82, 2.24) is 10.3 Å². The predicted octanol–water partition coefficient (Wildman–Crippen LogP) is 4.54. The number of hydrogen-bond acceptors (Lipinski definition) is 3. The van der Waals surface area contributed by atoms with Gasteiger partial charge in [-0.25, -0.2) is 13.8 Å². The molecule has 0 bridgehead atoms. The standard InChI is InChI=1S/C16H20F2N2S/c1-3-6-13-14(10-19-9-4-2)21-16(20-13)15-11(17)7-5-8-12(15)18/h5,7-8,19H,3-4,6,9-10H2,1-2H3. The number of aryl methyl sites for hydroxylation is 1. The number of benzene rings is 1. The summed E-state index contributed by atoms with van der Waals surface area (Å²) in [5.41, 5.74) is 0.936. The number of nitrogens with zero attached hydrogens (tertiary/aromatic N) is 1. The molecular weight excluding hydrogens is 290 g/mol. The minimum absolute atomic E-state index is 0.0124. The van der Waals surface area contributed by atoms with Crippen LogP contribution in [0.5, 0.6) is 0 Å². The van der Waals surface area contributed by atoms with Crippen LogP contribution in [0, 0.1) is 11.6 Å². The van der Waals surface area contributed by atoms with Gasteiger partial charge in [0.1, 0.15) is 16.6 Å². The van der Waals surface area contributed by atoms with Crippen LogP contribution in [0.2, 0.25) is 0 Å². The van der Waals surface area contributed by atoms with Gasteiger partial charge in [-0.2, -0.15) is 0 Å². The highest BCUT2D eigenvalue weighted by atomic mass is 32.1. The molecule has 0 radical (unpaired) electrons. The van der Waals surface area contributed by atoms with Gasteiger partial charge in [0.05, 0.1) is 11.3 Å². The van der Waals surface area contributed by atoms with Crippen molar-refractivity contribution in [3.63, 3.8) is 0 Å².